The first-order valence-electron chi connectivity index (χ1n) is 9.60. The maximum absolute atomic E-state index is 14.1. The van der Waals surface area contributed by atoms with Crippen LogP contribution in [-0.4, -0.2) is 39.3 Å². The molecule has 0 unspecified atom stereocenters. The van der Waals surface area contributed by atoms with Crippen LogP contribution >= 0.6 is 0 Å². The van der Waals surface area contributed by atoms with Crippen LogP contribution in [0, 0.1) is 12.7 Å². The summed E-state index contributed by atoms with van der Waals surface area (Å²) in [7, 11) is 1.47. The van der Waals surface area contributed by atoms with Gasteiger partial charge in [-0.05, 0) is 37.3 Å². The third-order valence-corrected chi connectivity index (χ3v) is 4.32. The number of oxazole rings is 1. The Hall–Kier alpha value is -4.62. The van der Waals surface area contributed by atoms with Crippen molar-refractivity contribution >= 4 is 40.2 Å². The standard InChI is InChI=1S/C19H16FN5O3.C2HF3O2/c1-10-9-21-18(23-14-5-4-12(27-2)8-13(14)20)25-17(10)22-11-3-6-16-15(7-11)24-19(26)28-16;3-2(4,5)1(6)7/h3-9H,1-2H3,(H,24,26)(H2,21,22,23,25);(H,6,7). The molecule has 2 aromatic carbocycles. The highest BCUT2D eigenvalue weighted by atomic mass is 19.4. The van der Waals surface area contributed by atoms with E-state index in [1.54, 1.807) is 36.5 Å². The largest absolute Gasteiger partial charge is 0.497 e. The molecule has 0 fully saturated rings. The van der Waals surface area contributed by atoms with Gasteiger partial charge in [-0.25, -0.2) is 19.0 Å². The minimum absolute atomic E-state index is 0.230. The highest BCUT2D eigenvalue weighted by molar-refractivity contribution is 5.78. The molecule has 10 nitrogen and oxygen atoms in total. The number of nitrogens with zero attached hydrogens (tertiary/aromatic N) is 2. The van der Waals surface area contributed by atoms with Gasteiger partial charge in [0.05, 0.1) is 18.3 Å². The average Bonchev–Trinajstić information content (AvgIpc) is 3.16. The molecule has 0 aliphatic heterocycles. The smallest absolute Gasteiger partial charge is 0.490 e. The van der Waals surface area contributed by atoms with E-state index in [1.807, 2.05) is 6.92 Å². The number of anilines is 4. The van der Waals surface area contributed by atoms with Crippen molar-refractivity contribution in [2.75, 3.05) is 17.7 Å². The van der Waals surface area contributed by atoms with E-state index >= 15 is 0 Å². The highest BCUT2D eigenvalue weighted by Crippen LogP contribution is 2.25. The topological polar surface area (TPSA) is 142 Å². The molecule has 0 saturated heterocycles. The van der Waals surface area contributed by atoms with Gasteiger partial charge in [0.2, 0.25) is 5.95 Å². The van der Waals surface area contributed by atoms with Crippen molar-refractivity contribution < 1.29 is 36.6 Å². The lowest BCUT2D eigenvalue weighted by molar-refractivity contribution is -0.192. The Morgan fingerprint density at radius 2 is 1.89 bits per heavy atom. The maximum Gasteiger partial charge on any atom is 0.490 e. The number of aromatic amines is 1. The number of aromatic nitrogens is 3. The molecular weight excluding hydrogens is 478 g/mol. The summed E-state index contributed by atoms with van der Waals surface area (Å²) in [6, 6.07) is 9.64. The fraction of sp³-hybridized carbons (Fsp3) is 0.143. The molecule has 184 valence electrons. The Bertz CT molecular complexity index is 1420. The fourth-order valence-corrected chi connectivity index (χ4v) is 2.64. The van der Waals surface area contributed by atoms with Crippen molar-refractivity contribution in [1.29, 1.82) is 0 Å². The van der Waals surface area contributed by atoms with Crippen LogP contribution < -0.4 is 21.1 Å². The first-order chi connectivity index (χ1) is 16.5. The number of fused-ring (bicyclic) bond motifs is 1. The van der Waals surface area contributed by atoms with Crippen LogP contribution in [0.3, 0.4) is 0 Å². The van der Waals surface area contributed by atoms with Gasteiger partial charge in [-0.1, -0.05) is 0 Å². The molecule has 14 heteroatoms. The number of ether oxygens (including phenoxy) is 1. The van der Waals surface area contributed by atoms with Crippen molar-refractivity contribution in [2.24, 2.45) is 0 Å². The van der Waals surface area contributed by atoms with Crippen LogP contribution in [0.1, 0.15) is 5.56 Å². The molecule has 0 saturated carbocycles. The molecule has 0 amide bonds. The summed E-state index contributed by atoms with van der Waals surface area (Å²) >= 11 is 0. The minimum Gasteiger partial charge on any atom is -0.497 e. The molecule has 0 bridgehead atoms. The summed E-state index contributed by atoms with van der Waals surface area (Å²) in [4.78, 5) is 31.4. The van der Waals surface area contributed by atoms with Gasteiger partial charge in [0.25, 0.3) is 0 Å². The van der Waals surface area contributed by atoms with E-state index in [0.717, 1.165) is 5.56 Å². The van der Waals surface area contributed by atoms with Crippen molar-refractivity contribution in [3.05, 3.63) is 64.5 Å². The molecular formula is C21H17F4N5O5. The molecule has 35 heavy (non-hydrogen) atoms. The molecule has 0 atom stereocenters. The number of aryl methyl sites for hydroxylation is 1. The second-order valence-corrected chi connectivity index (χ2v) is 6.85. The summed E-state index contributed by atoms with van der Waals surface area (Å²) in [5.74, 6) is -2.56. The fourth-order valence-electron chi connectivity index (χ4n) is 2.64. The summed E-state index contributed by atoms with van der Waals surface area (Å²) in [5, 5.41) is 13.1. The maximum atomic E-state index is 14.1. The normalized spacial score (nSPS) is 10.9. The third kappa shape index (κ3) is 6.46. The highest BCUT2D eigenvalue weighted by Gasteiger charge is 2.38. The van der Waals surface area contributed by atoms with Crippen molar-refractivity contribution in [3.63, 3.8) is 0 Å². The van der Waals surface area contributed by atoms with Crippen LogP contribution in [0.25, 0.3) is 11.1 Å². The quantitative estimate of drug-likeness (QED) is 0.295. The van der Waals surface area contributed by atoms with Gasteiger partial charge < -0.3 is 24.9 Å². The summed E-state index contributed by atoms with van der Waals surface area (Å²) in [6.07, 6.45) is -3.46. The average molecular weight is 495 g/mol. The number of carboxylic acids is 1. The lowest BCUT2D eigenvalue weighted by Crippen LogP contribution is -2.21. The second-order valence-electron chi connectivity index (χ2n) is 6.85. The number of alkyl halides is 3. The predicted molar refractivity (Wildman–Crippen MR) is 117 cm³/mol. The summed E-state index contributed by atoms with van der Waals surface area (Å²) in [6.45, 7) is 1.85. The lowest BCUT2D eigenvalue weighted by Gasteiger charge is -2.12. The SMILES string of the molecule is COc1ccc(Nc2ncc(C)c(Nc3ccc4oc(=O)[nH]c4c3)n2)c(F)c1.O=C(O)C(F)(F)F. The molecule has 4 aromatic rings. The molecule has 2 heterocycles. The minimum atomic E-state index is -5.08. The number of H-pyrrole nitrogens is 1. The van der Waals surface area contributed by atoms with E-state index in [2.05, 4.69) is 25.6 Å². The zero-order valence-corrected chi connectivity index (χ0v) is 18.0. The Morgan fingerprint density at radius 1 is 1.17 bits per heavy atom. The number of aliphatic carboxylic acids is 1. The van der Waals surface area contributed by atoms with Gasteiger partial charge >= 0.3 is 17.9 Å². The molecule has 0 aliphatic carbocycles. The van der Waals surface area contributed by atoms with Crippen molar-refractivity contribution in [2.45, 2.75) is 13.1 Å². The number of hydrogen-bond acceptors (Lipinski definition) is 8. The Balaban J connectivity index is 0.000000429. The second kappa shape index (κ2) is 10.1. The summed E-state index contributed by atoms with van der Waals surface area (Å²) < 4.78 is 55.9. The van der Waals surface area contributed by atoms with E-state index in [0.29, 0.717) is 28.4 Å². The Morgan fingerprint density at radius 3 is 2.51 bits per heavy atom. The molecule has 0 aliphatic rings. The van der Waals surface area contributed by atoms with Crippen LogP contribution in [0.2, 0.25) is 0 Å². The van der Waals surface area contributed by atoms with E-state index in [4.69, 9.17) is 19.1 Å². The van der Waals surface area contributed by atoms with Crippen molar-refractivity contribution in [3.8, 4) is 5.75 Å². The van der Waals surface area contributed by atoms with E-state index in [-0.39, 0.29) is 11.6 Å². The Kier molecular flexibility index (Phi) is 7.22. The number of nitrogens with one attached hydrogen (secondary N) is 3. The molecule has 0 spiro atoms. The van der Waals surface area contributed by atoms with Crippen LogP contribution in [-0.2, 0) is 4.79 Å². The van der Waals surface area contributed by atoms with E-state index in [1.165, 1.54) is 13.2 Å². The Labute approximate surface area is 193 Å². The van der Waals surface area contributed by atoms with E-state index in [9.17, 15) is 22.4 Å². The van der Waals surface area contributed by atoms with Crippen LogP contribution in [0.4, 0.5) is 40.7 Å². The monoisotopic (exact) mass is 495 g/mol. The van der Waals surface area contributed by atoms with Crippen LogP contribution in [0.5, 0.6) is 5.75 Å². The van der Waals surface area contributed by atoms with Gasteiger partial charge in [-0.3, -0.25) is 4.98 Å². The first kappa shape index (κ1) is 25.0. The summed E-state index contributed by atoms with van der Waals surface area (Å²) in [5.41, 5.74) is 2.76. The van der Waals surface area contributed by atoms with Gasteiger partial charge in [-0.15, -0.1) is 0 Å². The number of halogens is 4. The lowest BCUT2D eigenvalue weighted by atomic mass is 10.2. The van der Waals surface area contributed by atoms with Gasteiger partial charge in [0.1, 0.15) is 17.4 Å². The zero-order valence-electron chi connectivity index (χ0n) is 18.0. The number of carboxylic acid groups (broad SMARTS) is 1. The molecule has 2 aromatic heterocycles. The van der Waals surface area contributed by atoms with Gasteiger partial charge in [-0.2, -0.15) is 18.2 Å². The zero-order chi connectivity index (χ0) is 25.8. The number of benzene rings is 2. The van der Waals surface area contributed by atoms with Gasteiger partial charge in [0, 0.05) is 23.5 Å². The molecule has 0 radical (unpaired) electrons. The molecule has 4 rings (SSSR count). The number of hydrogen-bond donors (Lipinski definition) is 4. The number of methoxy groups -OCH3 is 1. The van der Waals surface area contributed by atoms with Crippen molar-refractivity contribution in [1.82, 2.24) is 15.0 Å². The first-order valence-corrected chi connectivity index (χ1v) is 9.60. The van der Waals surface area contributed by atoms with E-state index < -0.39 is 23.7 Å². The van der Waals surface area contributed by atoms with Gasteiger partial charge in [0.15, 0.2) is 5.58 Å². The number of rotatable bonds is 5. The van der Waals surface area contributed by atoms with Crippen LogP contribution in [0.15, 0.2) is 51.8 Å². The predicted octanol–water partition coefficient (Wildman–Crippen LogP) is 4.49. The number of carbonyl (C=O) groups is 1. The third-order valence-electron chi connectivity index (χ3n) is 4.32. The molecule has 4 N–H and O–H groups in total.